The molecule has 1 fully saturated rings. The molecule has 22 heavy (non-hydrogen) atoms. The van der Waals surface area contributed by atoms with Gasteiger partial charge in [0, 0.05) is 18.4 Å². The number of hydrogen-bond acceptors (Lipinski definition) is 4. The molecule has 0 radical (unpaired) electrons. The Bertz CT molecular complexity index is 625. The van der Waals surface area contributed by atoms with Crippen LogP contribution in [-0.4, -0.2) is 30.2 Å². The molecule has 1 aliphatic rings. The van der Waals surface area contributed by atoms with E-state index in [1.54, 1.807) is 36.5 Å². The van der Waals surface area contributed by atoms with E-state index >= 15 is 0 Å². The predicted octanol–water partition coefficient (Wildman–Crippen LogP) is 2.89. The van der Waals surface area contributed by atoms with Crippen molar-refractivity contribution in [3.05, 3.63) is 54.2 Å². The van der Waals surface area contributed by atoms with E-state index in [9.17, 15) is 4.79 Å². The van der Waals surface area contributed by atoms with E-state index in [0.717, 1.165) is 19.4 Å². The summed E-state index contributed by atoms with van der Waals surface area (Å²) in [5.41, 5.74) is 0.537. The van der Waals surface area contributed by atoms with E-state index in [2.05, 4.69) is 10.3 Å². The first-order chi connectivity index (χ1) is 10.8. The molecule has 5 heteroatoms. The van der Waals surface area contributed by atoms with E-state index < -0.39 is 0 Å². The van der Waals surface area contributed by atoms with Crippen LogP contribution in [0.3, 0.4) is 0 Å². The molecule has 1 atom stereocenters. The fourth-order valence-corrected chi connectivity index (χ4v) is 2.32. The minimum absolute atomic E-state index is 0.158. The minimum Gasteiger partial charge on any atom is -0.491 e. The highest BCUT2D eigenvalue weighted by molar-refractivity contribution is 6.03. The molecule has 1 aliphatic heterocycles. The first-order valence-corrected chi connectivity index (χ1v) is 7.38. The second-order valence-corrected chi connectivity index (χ2v) is 5.14. The molecule has 1 N–H and O–H groups in total. The molecule has 1 aromatic heterocycles. The number of amides is 1. The average Bonchev–Trinajstić information content (AvgIpc) is 3.08. The molecule has 2 heterocycles. The summed E-state index contributed by atoms with van der Waals surface area (Å²) in [7, 11) is 0. The minimum atomic E-state index is -0.207. The summed E-state index contributed by atoms with van der Waals surface area (Å²) in [6, 6.07) is 12.5. The van der Waals surface area contributed by atoms with Gasteiger partial charge < -0.3 is 14.8 Å². The van der Waals surface area contributed by atoms with Gasteiger partial charge in [-0.3, -0.25) is 4.79 Å². The van der Waals surface area contributed by atoms with Gasteiger partial charge in [-0.25, -0.2) is 4.98 Å². The Morgan fingerprint density at radius 1 is 1.32 bits per heavy atom. The van der Waals surface area contributed by atoms with Gasteiger partial charge in [-0.1, -0.05) is 12.1 Å². The molecule has 0 aliphatic carbocycles. The van der Waals surface area contributed by atoms with Crippen molar-refractivity contribution in [1.82, 2.24) is 4.98 Å². The molecule has 0 spiro atoms. The second kappa shape index (κ2) is 7.04. The summed E-state index contributed by atoms with van der Waals surface area (Å²) >= 11 is 0. The molecule has 3 rings (SSSR count). The Balaban J connectivity index is 1.61. The molecule has 5 nitrogen and oxygen atoms in total. The number of nitrogens with zero attached hydrogens (tertiary/aromatic N) is 1. The van der Waals surface area contributed by atoms with Crippen molar-refractivity contribution in [1.29, 1.82) is 0 Å². The summed E-state index contributed by atoms with van der Waals surface area (Å²) in [5.74, 6) is 0.989. The predicted molar refractivity (Wildman–Crippen MR) is 83.1 cm³/mol. The van der Waals surface area contributed by atoms with Gasteiger partial charge in [0.15, 0.2) is 0 Å². The van der Waals surface area contributed by atoms with Crippen molar-refractivity contribution < 1.29 is 14.3 Å². The van der Waals surface area contributed by atoms with E-state index in [-0.39, 0.29) is 12.0 Å². The van der Waals surface area contributed by atoms with Crippen molar-refractivity contribution >= 4 is 11.7 Å². The summed E-state index contributed by atoms with van der Waals surface area (Å²) in [5, 5.41) is 2.75. The number of benzene rings is 1. The number of anilines is 1. The van der Waals surface area contributed by atoms with Crippen LogP contribution in [0.25, 0.3) is 0 Å². The molecular formula is C17H18N2O3. The van der Waals surface area contributed by atoms with E-state index in [0.29, 0.717) is 23.7 Å². The smallest absolute Gasteiger partial charge is 0.256 e. The lowest BCUT2D eigenvalue weighted by Crippen LogP contribution is -2.17. The fourth-order valence-electron chi connectivity index (χ4n) is 2.32. The largest absolute Gasteiger partial charge is 0.491 e. The lowest BCUT2D eigenvalue weighted by molar-refractivity contribution is 0.0679. The Hall–Kier alpha value is -2.40. The second-order valence-electron chi connectivity index (χ2n) is 5.14. The van der Waals surface area contributed by atoms with Crippen LogP contribution in [0.5, 0.6) is 5.75 Å². The SMILES string of the molecule is O=C(Nc1ccccn1)c1cccc(OCC2CCCO2)c1. The molecular weight excluding hydrogens is 280 g/mol. The van der Waals surface area contributed by atoms with Crippen LogP contribution in [0.15, 0.2) is 48.7 Å². The summed E-state index contributed by atoms with van der Waals surface area (Å²) in [6.07, 6.45) is 3.91. The molecule has 1 amide bonds. The molecule has 2 aromatic rings. The van der Waals surface area contributed by atoms with Gasteiger partial charge in [0.05, 0.1) is 6.10 Å². The van der Waals surface area contributed by atoms with E-state index in [4.69, 9.17) is 9.47 Å². The molecule has 1 saturated heterocycles. The van der Waals surface area contributed by atoms with Gasteiger partial charge in [-0.15, -0.1) is 0 Å². The number of ether oxygens (including phenoxy) is 2. The number of carbonyl (C=O) groups excluding carboxylic acids is 1. The molecule has 114 valence electrons. The number of aromatic nitrogens is 1. The lowest BCUT2D eigenvalue weighted by Gasteiger charge is -2.12. The highest BCUT2D eigenvalue weighted by Gasteiger charge is 2.16. The maximum Gasteiger partial charge on any atom is 0.256 e. The third-order valence-electron chi connectivity index (χ3n) is 3.46. The van der Waals surface area contributed by atoms with Crippen LogP contribution >= 0.6 is 0 Å². The van der Waals surface area contributed by atoms with E-state index in [1.165, 1.54) is 0 Å². The topological polar surface area (TPSA) is 60.5 Å². The fraction of sp³-hybridized carbons (Fsp3) is 0.294. The van der Waals surface area contributed by atoms with Gasteiger partial charge in [-0.2, -0.15) is 0 Å². The van der Waals surface area contributed by atoms with Crippen molar-refractivity contribution in [2.75, 3.05) is 18.5 Å². The Kier molecular flexibility index (Phi) is 4.65. The monoisotopic (exact) mass is 298 g/mol. The number of nitrogens with one attached hydrogen (secondary N) is 1. The molecule has 1 unspecified atom stereocenters. The van der Waals surface area contributed by atoms with Crippen LogP contribution in [0, 0.1) is 0 Å². The highest BCUT2D eigenvalue weighted by atomic mass is 16.5. The molecule has 0 bridgehead atoms. The third kappa shape index (κ3) is 3.83. The average molecular weight is 298 g/mol. The number of pyridine rings is 1. The van der Waals surface area contributed by atoms with Crippen molar-refractivity contribution in [3.8, 4) is 5.75 Å². The van der Waals surface area contributed by atoms with Gasteiger partial charge in [0.1, 0.15) is 18.2 Å². The first kappa shape index (κ1) is 14.5. The van der Waals surface area contributed by atoms with Crippen molar-refractivity contribution in [2.24, 2.45) is 0 Å². The Morgan fingerprint density at radius 3 is 3.05 bits per heavy atom. The molecule has 1 aromatic carbocycles. The van der Waals surface area contributed by atoms with Crippen LogP contribution < -0.4 is 10.1 Å². The Labute approximate surface area is 129 Å². The zero-order valence-corrected chi connectivity index (χ0v) is 12.2. The van der Waals surface area contributed by atoms with Crippen LogP contribution in [-0.2, 0) is 4.74 Å². The van der Waals surface area contributed by atoms with Crippen molar-refractivity contribution in [3.63, 3.8) is 0 Å². The maximum absolute atomic E-state index is 12.2. The van der Waals surface area contributed by atoms with Gasteiger partial charge in [-0.05, 0) is 43.2 Å². The summed E-state index contributed by atoms with van der Waals surface area (Å²) in [6.45, 7) is 1.33. The lowest BCUT2D eigenvalue weighted by atomic mass is 10.2. The first-order valence-electron chi connectivity index (χ1n) is 7.38. The Morgan fingerprint density at radius 2 is 2.27 bits per heavy atom. The maximum atomic E-state index is 12.2. The normalized spacial score (nSPS) is 17.2. The van der Waals surface area contributed by atoms with E-state index in [1.807, 2.05) is 12.1 Å². The third-order valence-corrected chi connectivity index (χ3v) is 3.46. The van der Waals surface area contributed by atoms with Gasteiger partial charge in [0.25, 0.3) is 5.91 Å². The van der Waals surface area contributed by atoms with Gasteiger partial charge in [0.2, 0.25) is 0 Å². The summed E-state index contributed by atoms with van der Waals surface area (Å²) < 4.78 is 11.2. The standard InChI is InChI=1S/C17H18N2O3/c20-17(19-16-8-1-2-9-18-16)13-5-3-6-14(11-13)22-12-15-7-4-10-21-15/h1-3,5-6,8-9,11,15H,4,7,10,12H2,(H,18,19,20). The van der Waals surface area contributed by atoms with Crippen LogP contribution in [0.2, 0.25) is 0 Å². The van der Waals surface area contributed by atoms with Crippen LogP contribution in [0.1, 0.15) is 23.2 Å². The van der Waals surface area contributed by atoms with Gasteiger partial charge >= 0.3 is 0 Å². The van der Waals surface area contributed by atoms with Crippen LogP contribution in [0.4, 0.5) is 5.82 Å². The number of carbonyl (C=O) groups is 1. The zero-order chi connectivity index (χ0) is 15.2. The summed E-state index contributed by atoms with van der Waals surface area (Å²) in [4.78, 5) is 16.3. The zero-order valence-electron chi connectivity index (χ0n) is 12.2. The quantitative estimate of drug-likeness (QED) is 0.922. The highest BCUT2D eigenvalue weighted by Crippen LogP contribution is 2.18. The number of rotatable bonds is 5. The number of hydrogen-bond donors (Lipinski definition) is 1. The van der Waals surface area contributed by atoms with Crippen molar-refractivity contribution in [2.45, 2.75) is 18.9 Å². The molecule has 0 saturated carbocycles.